The van der Waals surface area contributed by atoms with Gasteiger partial charge in [-0.25, -0.2) is 4.79 Å². The summed E-state index contributed by atoms with van der Waals surface area (Å²) in [4.78, 5) is 23.5. The zero-order valence-corrected chi connectivity index (χ0v) is 12.4. The quantitative estimate of drug-likeness (QED) is 0.497. The monoisotopic (exact) mass is 352 g/mol. The molecule has 1 aromatic heterocycles. The zero-order valence-electron chi connectivity index (χ0n) is 10.0. The van der Waals surface area contributed by atoms with E-state index in [0.717, 1.165) is 14.9 Å². The van der Waals surface area contributed by atoms with Crippen LogP contribution in [0, 0.1) is 0 Å². The number of carbonyl (C=O) groups excluding carboxylic acids is 1. The fourth-order valence-corrected chi connectivity index (χ4v) is 2.68. The third-order valence-electron chi connectivity index (χ3n) is 2.46. The maximum atomic E-state index is 11.8. The summed E-state index contributed by atoms with van der Waals surface area (Å²) in [5.74, 6) is -3.02. The van der Waals surface area contributed by atoms with Gasteiger partial charge in [-0.05, 0) is 29.8 Å². The van der Waals surface area contributed by atoms with Crippen LogP contribution in [-0.2, 0) is 4.79 Å². The minimum Gasteiger partial charge on any atom is -0.502 e. The number of benzene rings is 1. The average Bonchev–Trinajstić information content (AvgIpc) is 2.89. The number of hydrogen-bond acceptors (Lipinski definition) is 4. The Morgan fingerprint density at radius 3 is 2.30 bits per heavy atom. The SMILES string of the molecule is O=C(O)C(O)=CC(=O)c1ccc(-c2ccc(Br)cc2)s1. The van der Waals surface area contributed by atoms with Gasteiger partial charge < -0.3 is 10.2 Å². The van der Waals surface area contributed by atoms with E-state index in [2.05, 4.69) is 15.9 Å². The molecule has 1 aromatic carbocycles. The molecule has 102 valence electrons. The van der Waals surface area contributed by atoms with Gasteiger partial charge in [0.1, 0.15) is 0 Å². The predicted octanol–water partition coefficient (Wildman–Crippen LogP) is 3.89. The molecule has 6 heteroatoms. The molecule has 2 rings (SSSR count). The first-order valence-corrected chi connectivity index (χ1v) is 7.12. The fraction of sp³-hybridized carbons (Fsp3) is 0. The van der Waals surface area contributed by atoms with E-state index in [4.69, 9.17) is 10.2 Å². The molecule has 0 saturated heterocycles. The fourth-order valence-electron chi connectivity index (χ4n) is 1.50. The van der Waals surface area contributed by atoms with E-state index in [1.807, 2.05) is 24.3 Å². The van der Waals surface area contributed by atoms with Gasteiger partial charge in [-0.1, -0.05) is 28.1 Å². The summed E-state index contributed by atoms with van der Waals surface area (Å²) in [5.41, 5.74) is 0.962. The standard InChI is InChI=1S/C14H9BrO4S/c15-9-3-1-8(2-4-9)12-5-6-13(20-12)10(16)7-11(17)14(18)19/h1-7,17H,(H,18,19). The molecule has 0 radical (unpaired) electrons. The van der Waals surface area contributed by atoms with Crippen LogP contribution in [0.2, 0.25) is 0 Å². The Labute approximate surface area is 127 Å². The van der Waals surface area contributed by atoms with Gasteiger partial charge in [0.2, 0.25) is 5.76 Å². The van der Waals surface area contributed by atoms with Crippen molar-refractivity contribution in [1.82, 2.24) is 0 Å². The van der Waals surface area contributed by atoms with Crippen molar-refractivity contribution in [2.24, 2.45) is 0 Å². The smallest absolute Gasteiger partial charge is 0.371 e. The molecule has 0 aliphatic rings. The van der Waals surface area contributed by atoms with Gasteiger partial charge in [0.15, 0.2) is 5.78 Å². The van der Waals surface area contributed by atoms with Crippen molar-refractivity contribution in [2.45, 2.75) is 0 Å². The van der Waals surface area contributed by atoms with E-state index in [1.54, 1.807) is 12.1 Å². The van der Waals surface area contributed by atoms with Crippen LogP contribution in [0.1, 0.15) is 9.67 Å². The molecule has 0 aliphatic heterocycles. The number of aliphatic hydroxyl groups is 1. The Bertz CT molecular complexity index is 685. The molecule has 1 heterocycles. The van der Waals surface area contributed by atoms with Gasteiger partial charge >= 0.3 is 5.97 Å². The van der Waals surface area contributed by atoms with Gasteiger partial charge in [-0.15, -0.1) is 11.3 Å². The highest BCUT2D eigenvalue weighted by atomic mass is 79.9. The summed E-state index contributed by atoms with van der Waals surface area (Å²) < 4.78 is 0.961. The summed E-state index contributed by atoms with van der Waals surface area (Å²) in [7, 11) is 0. The Morgan fingerprint density at radius 2 is 1.70 bits per heavy atom. The zero-order chi connectivity index (χ0) is 14.7. The third kappa shape index (κ3) is 3.34. The van der Waals surface area contributed by atoms with Crippen LogP contribution >= 0.6 is 27.3 Å². The van der Waals surface area contributed by atoms with Crippen molar-refractivity contribution in [3.05, 3.63) is 57.6 Å². The molecule has 0 spiro atoms. The van der Waals surface area contributed by atoms with Crippen molar-refractivity contribution >= 4 is 39.0 Å². The Kier molecular flexibility index (Phi) is 4.36. The normalized spacial score (nSPS) is 11.3. The van der Waals surface area contributed by atoms with Crippen LogP contribution in [0.5, 0.6) is 0 Å². The number of carboxylic acids is 1. The van der Waals surface area contributed by atoms with Gasteiger partial charge in [-0.3, -0.25) is 4.79 Å². The first-order chi connectivity index (χ1) is 9.47. The second-order valence-electron chi connectivity index (χ2n) is 3.87. The second-order valence-corrected chi connectivity index (χ2v) is 5.87. The Balaban J connectivity index is 2.25. The molecule has 0 fully saturated rings. The number of halogens is 1. The van der Waals surface area contributed by atoms with Gasteiger partial charge in [-0.2, -0.15) is 0 Å². The Morgan fingerprint density at radius 1 is 1.05 bits per heavy atom. The molecule has 4 nitrogen and oxygen atoms in total. The van der Waals surface area contributed by atoms with Gasteiger partial charge in [0.05, 0.1) is 4.88 Å². The van der Waals surface area contributed by atoms with Crippen LogP contribution in [0.3, 0.4) is 0 Å². The summed E-state index contributed by atoms with van der Waals surface area (Å²) in [6.07, 6.45) is 0.708. The summed E-state index contributed by atoms with van der Waals surface area (Å²) >= 11 is 4.59. The number of thiophene rings is 1. The first-order valence-electron chi connectivity index (χ1n) is 5.51. The summed E-state index contributed by atoms with van der Waals surface area (Å²) in [6, 6.07) is 11.0. The number of allylic oxidation sites excluding steroid dienone is 1. The average molecular weight is 353 g/mol. The number of hydrogen-bond donors (Lipinski definition) is 2. The van der Waals surface area contributed by atoms with E-state index >= 15 is 0 Å². The van der Waals surface area contributed by atoms with Crippen LogP contribution in [0.15, 0.2) is 52.7 Å². The Hall–Kier alpha value is -1.92. The molecule has 0 amide bonds. The molecule has 2 aromatic rings. The minimum absolute atomic E-state index is 0.371. The molecular formula is C14H9BrO4S. The molecule has 0 aliphatic carbocycles. The lowest BCUT2D eigenvalue weighted by Gasteiger charge is -1.96. The van der Waals surface area contributed by atoms with E-state index in [9.17, 15) is 9.59 Å². The minimum atomic E-state index is -1.52. The number of aliphatic hydroxyl groups excluding tert-OH is 1. The van der Waals surface area contributed by atoms with Crippen molar-refractivity contribution < 1.29 is 19.8 Å². The highest BCUT2D eigenvalue weighted by molar-refractivity contribution is 9.10. The highest BCUT2D eigenvalue weighted by Crippen LogP contribution is 2.29. The van der Waals surface area contributed by atoms with Crippen molar-refractivity contribution in [3.63, 3.8) is 0 Å². The molecule has 0 saturated carbocycles. The summed E-state index contributed by atoms with van der Waals surface area (Å²) in [6.45, 7) is 0. The first kappa shape index (κ1) is 14.5. The van der Waals surface area contributed by atoms with Gasteiger partial charge in [0, 0.05) is 15.4 Å². The second kappa shape index (κ2) is 6.02. The van der Waals surface area contributed by atoms with E-state index in [-0.39, 0.29) is 0 Å². The van der Waals surface area contributed by atoms with Crippen LogP contribution in [-0.4, -0.2) is 22.0 Å². The van der Waals surface area contributed by atoms with Crippen LogP contribution in [0.4, 0.5) is 0 Å². The lowest BCUT2D eigenvalue weighted by molar-refractivity contribution is -0.135. The predicted molar refractivity (Wildman–Crippen MR) is 80.1 cm³/mol. The highest BCUT2D eigenvalue weighted by Gasteiger charge is 2.12. The molecule has 0 bridgehead atoms. The van der Waals surface area contributed by atoms with Crippen molar-refractivity contribution in [1.29, 1.82) is 0 Å². The number of carboxylic acid groups (broad SMARTS) is 1. The van der Waals surface area contributed by atoms with E-state index in [1.165, 1.54) is 11.3 Å². The lowest BCUT2D eigenvalue weighted by atomic mass is 10.2. The largest absolute Gasteiger partial charge is 0.502 e. The third-order valence-corrected chi connectivity index (χ3v) is 4.14. The molecule has 20 heavy (non-hydrogen) atoms. The number of aliphatic carboxylic acids is 1. The summed E-state index contributed by atoms with van der Waals surface area (Å²) in [5, 5.41) is 17.6. The maximum Gasteiger partial charge on any atom is 0.371 e. The molecular weight excluding hydrogens is 344 g/mol. The lowest BCUT2D eigenvalue weighted by Crippen LogP contribution is -2.02. The molecule has 0 atom stereocenters. The van der Waals surface area contributed by atoms with Crippen LogP contribution < -0.4 is 0 Å². The number of rotatable bonds is 4. The number of ketones is 1. The van der Waals surface area contributed by atoms with Gasteiger partial charge in [0.25, 0.3) is 0 Å². The number of carbonyl (C=O) groups is 2. The maximum absolute atomic E-state index is 11.8. The topological polar surface area (TPSA) is 74.6 Å². The van der Waals surface area contributed by atoms with Crippen LogP contribution in [0.25, 0.3) is 10.4 Å². The van der Waals surface area contributed by atoms with Crippen molar-refractivity contribution in [3.8, 4) is 10.4 Å². The van der Waals surface area contributed by atoms with Crippen molar-refractivity contribution in [2.75, 3.05) is 0 Å². The van der Waals surface area contributed by atoms with E-state index in [0.29, 0.717) is 11.0 Å². The molecule has 2 N–H and O–H groups in total. The van der Waals surface area contributed by atoms with E-state index < -0.39 is 17.5 Å². The molecule has 0 unspecified atom stereocenters.